The maximum Gasteiger partial charge on any atom is 0.276 e. The first-order valence-corrected chi connectivity index (χ1v) is 10.3. The molecule has 1 aliphatic rings. The predicted molar refractivity (Wildman–Crippen MR) is 115 cm³/mol. The topological polar surface area (TPSA) is 114 Å². The van der Waals surface area contributed by atoms with Crippen LogP contribution in [0.5, 0.6) is 5.75 Å². The summed E-state index contributed by atoms with van der Waals surface area (Å²) >= 11 is 11.9. The number of nitrogen functional groups attached to an aromatic ring is 1. The quantitative estimate of drug-likeness (QED) is 0.381. The van der Waals surface area contributed by atoms with Gasteiger partial charge in [0.2, 0.25) is 0 Å². The van der Waals surface area contributed by atoms with Gasteiger partial charge in [-0.3, -0.25) is 15.6 Å². The Morgan fingerprint density at radius 3 is 2.59 bits per heavy atom. The molecule has 2 aromatic rings. The minimum atomic E-state index is -0.424. The van der Waals surface area contributed by atoms with Crippen molar-refractivity contribution in [2.75, 3.05) is 23.1 Å². The van der Waals surface area contributed by atoms with Gasteiger partial charge in [0.25, 0.3) is 5.91 Å². The lowest BCUT2D eigenvalue weighted by Crippen LogP contribution is -2.34. The number of ether oxygens (including phenoxy) is 1. The van der Waals surface area contributed by atoms with Crippen LogP contribution in [0.15, 0.2) is 24.5 Å². The third kappa shape index (κ3) is 6.27. The fourth-order valence-electron chi connectivity index (χ4n) is 3.13. The van der Waals surface area contributed by atoms with Gasteiger partial charge in [-0.1, -0.05) is 48.9 Å². The first-order chi connectivity index (χ1) is 14.0. The summed E-state index contributed by atoms with van der Waals surface area (Å²) in [6.07, 6.45) is 8.50. The molecule has 8 nitrogen and oxygen atoms in total. The summed E-state index contributed by atoms with van der Waals surface area (Å²) in [5, 5.41) is 4.21. The maximum absolute atomic E-state index is 12.1. The van der Waals surface area contributed by atoms with E-state index < -0.39 is 5.91 Å². The summed E-state index contributed by atoms with van der Waals surface area (Å²) in [5.74, 6) is 0.816. The van der Waals surface area contributed by atoms with Crippen molar-refractivity contribution >= 4 is 46.4 Å². The number of rotatable bonds is 7. The largest absolute Gasteiger partial charge is 0.482 e. The van der Waals surface area contributed by atoms with E-state index in [9.17, 15) is 4.79 Å². The average molecular weight is 439 g/mol. The SMILES string of the molecule is Nc1c(NNC(=O)COc2ccc(Cl)cc2Cl)ncnc1NC1CCCCCC1. The molecule has 1 heterocycles. The number of halogens is 2. The Hall–Kier alpha value is -2.45. The number of anilines is 3. The Labute approximate surface area is 179 Å². The number of hydrogen-bond donors (Lipinski definition) is 4. The molecule has 0 saturated heterocycles. The Kier molecular flexibility index (Phi) is 7.60. The molecule has 0 bridgehead atoms. The summed E-state index contributed by atoms with van der Waals surface area (Å²) in [4.78, 5) is 20.4. The molecular formula is C19H24Cl2N6O2. The molecule has 1 saturated carbocycles. The van der Waals surface area contributed by atoms with Crippen LogP contribution in [0, 0.1) is 0 Å². The average Bonchev–Trinajstić information content (AvgIpc) is 2.96. The second-order valence-corrected chi connectivity index (χ2v) is 7.70. The molecule has 0 aliphatic heterocycles. The van der Waals surface area contributed by atoms with Gasteiger partial charge in [0, 0.05) is 11.1 Å². The highest BCUT2D eigenvalue weighted by atomic mass is 35.5. The van der Waals surface area contributed by atoms with Gasteiger partial charge in [0.15, 0.2) is 18.2 Å². The van der Waals surface area contributed by atoms with Crippen molar-refractivity contribution < 1.29 is 9.53 Å². The minimum Gasteiger partial charge on any atom is -0.482 e. The van der Waals surface area contributed by atoms with Crippen LogP contribution in [0.2, 0.25) is 10.0 Å². The lowest BCUT2D eigenvalue weighted by Gasteiger charge is -2.19. The molecule has 156 valence electrons. The van der Waals surface area contributed by atoms with Crippen molar-refractivity contribution in [2.45, 2.75) is 44.6 Å². The maximum atomic E-state index is 12.1. The van der Waals surface area contributed by atoms with Crippen molar-refractivity contribution in [1.82, 2.24) is 15.4 Å². The highest BCUT2D eigenvalue weighted by Gasteiger charge is 2.16. The fourth-order valence-corrected chi connectivity index (χ4v) is 3.59. The van der Waals surface area contributed by atoms with Crippen molar-refractivity contribution in [3.63, 3.8) is 0 Å². The molecule has 10 heteroatoms. The molecule has 1 aromatic carbocycles. The number of nitrogens with one attached hydrogen (secondary N) is 3. The summed E-state index contributed by atoms with van der Waals surface area (Å²) in [6, 6.07) is 5.11. The van der Waals surface area contributed by atoms with Gasteiger partial charge in [-0.2, -0.15) is 0 Å². The number of carbonyl (C=O) groups is 1. The number of aromatic nitrogens is 2. The fraction of sp³-hybridized carbons (Fsp3) is 0.421. The standard InChI is InChI=1S/C19H24Cl2N6O2/c20-12-7-8-15(14(21)9-12)29-10-16(28)26-27-19-17(22)18(23-11-24-19)25-13-5-3-1-2-4-6-13/h7-9,11,13H,1-6,10,22H2,(H,26,28)(H2,23,24,25,27). The Morgan fingerprint density at radius 2 is 1.86 bits per heavy atom. The Bertz CT molecular complexity index is 843. The number of hydrazine groups is 1. The zero-order valence-corrected chi connectivity index (χ0v) is 17.4. The molecule has 29 heavy (non-hydrogen) atoms. The summed E-state index contributed by atoms with van der Waals surface area (Å²) in [5.41, 5.74) is 11.7. The molecule has 0 spiro atoms. The lowest BCUT2D eigenvalue weighted by molar-refractivity contribution is -0.122. The highest BCUT2D eigenvalue weighted by Crippen LogP contribution is 2.28. The van der Waals surface area contributed by atoms with Crippen molar-refractivity contribution in [1.29, 1.82) is 0 Å². The number of benzene rings is 1. The summed E-state index contributed by atoms with van der Waals surface area (Å²) in [7, 11) is 0. The highest BCUT2D eigenvalue weighted by molar-refractivity contribution is 6.35. The third-order valence-corrected chi connectivity index (χ3v) is 5.18. The minimum absolute atomic E-state index is 0.244. The van der Waals surface area contributed by atoms with E-state index in [1.54, 1.807) is 18.2 Å². The number of nitrogens with two attached hydrogens (primary N) is 1. The van der Waals surface area contributed by atoms with Crippen LogP contribution in [0.4, 0.5) is 17.3 Å². The van der Waals surface area contributed by atoms with E-state index in [1.807, 2.05) is 0 Å². The van der Waals surface area contributed by atoms with E-state index in [-0.39, 0.29) is 6.61 Å². The van der Waals surface area contributed by atoms with Crippen LogP contribution >= 0.6 is 23.2 Å². The van der Waals surface area contributed by atoms with E-state index in [0.29, 0.717) is 39.2 Å². The second kappa shape index (κ2) is 10.4. The number of carbonyl (C=O) groups excluding carboxylic acids is 1. The third-order valence-electron chi connectivity index (χ3n) is 4.65. The van der Waals surface area contributed by atoms with Crippen molar-refractivity contribution in [3.05, 3.63) is 34.6 Å². The van der Waals surface area contributed by atoms with Crippen molar-refractivity contribution in [3.8, 4) is 5.75 Å². The van der Waals surface area contributed by atoms with E-state index >= 15 is 0 Å². The molecule has 0 radical (unpaired) electrons. The molecule has 0 atom stereocenters. The zero-order chi connectivity index (χ0) is 20.6. The monoisotopic (exact) mass is 438 g/mol. The van der Waals surface area contributed by atoms with Gasteiger partial charge in [-0.05, 0) is 31.0 Å². The van der Waals surface area contributed by atoms with Gasteiger partial charge >= 0.3 is 0 Å². The molecular weight excluding hydrogens is 415 g/mol. The number of nitrogens with zero attached hydrogens (tertiary/aromatic N) is 2. The molecule has 0 unspecified atom stereocenters. The summed E-state index contributed by atoms with van der Waals surface area (Å²) in [6.45, 7) is -0.244. The van der Waals surface area contributed by atoms with Crippen molar-refractivity contribution in [2.24, 2.45) is 0 Å². The van der Waals surface area contributed by atoms with Crippen LogP contribution < -0.4 is 26.6 Å². The van der Waals surface area contributed by atoms with Crippen LogP contribution in [0.3, 0.4) is 0 Å². The molecule has 3 rings (SSSR count). The van der Waals surface area contributed by atoms with Crippen LogP contribution in [-0.4, -0.2) is 28.5 Å². The van der Waals surface area contributed by atoms with Gasteiger partial charge < -0.3 is 15.8 Å². The Morgan fingerprint density at radius 1 is 1.14 bits per heavy atom. The van der Waals surface area contributed by atoms with Crippen LogP contribution in [0.1, 0.15) is 38.5 Å². The zero-order valence-electron chi connectivity index (χ0n) is 15.9. The van der Waals surface area contributed by atoms with Crippen LogP contribution in [-0.2, 0) is 4.79 Å². The molecule has 1 aliphatic carbocycles. The Balaban J connectivity index is 1.52. The van der Waals surface area contributed by atoms with Gasteiger partial charge in [0.1, 0.15) is 17.8 Å². The first-order valence-electron chi connectivity index (χ1n) is 9.52. The molecule has 1 fully saturated rings. The summed E-state index contributed by atoms with van der Waals surface area (Å²) < 4.78 is 5.39. The molecule has 1 amide bonds. The van der Waals surface area contributed by atoms with E-state index in [4.69, 9.17) is 33.7 Å². The number of amides is 1. The lowest BCUT2D eigenvalue weighted by atomic mass is 10.1. The first kappa shape index (κ1) is 21.3. The predicted octanol–water partition coefficient (Wildman–Crippen LogP) is 4.02. The van der Waals surface area contributed by atoms with E-state index in [1.165, 1.54) is 32.0 Å². The van der Waals surface area contributed by atoms with E-state index in [0.717, 1.165) is 12.8 Å². The van der Waals surface area contributed by atoms with Crippen LogP contribution in [0.25, 0.3) is 0 Å². The van der Waals surface area contributed by atoms with Gasteiger partial charge in [0.05, 0.1) is 5.02 Å². The number of hydrogen-bond acceptors (Lipinski definition) is 7. The smallest absolute Gasteiger partial charge is 0.276 e. The normalized spacial score (nSPS) is 14.7. The van der Waals surface area contributed by atoms with E-state index in [2.05, 4.69) is 26.1 Å². The second-order valence-electron chi connectivity index (χ2n) is 6.85. The molecule has 1 aromatic heterocycles. The molecule has 5 N–H and O–H groups in total. The van der Waals surface area contributed by atoms with Gasteiger partial charge in [-0.15, -0.1) is 0 Å². The van der Waals surface area contributed by atoms with Gasteiger partial charge in [-0.25, -0.2) is 9.97 Å².